The minimum Gasteiger partial charge on any atom is -0.492 e. The first-order valence-corrected chi connectivity index (χ1v) is 11.4. The van der Waals surface area contributed by atoms with Crippen molar-refractivity contribution in [3.05, 3.63) is 47.4 Å². The molecule has 2 amide bonds. The minimum absolute atomic E-state index is 0.0664. The van der Waals surface area contributed by atoms with Crippen LogP contribution in [-0.2, 0) is 4.79 Å². The number of carbonyl (C=O) groups is 2. The van der Waals surface area contributed by atoms with E-state index in [1.165, 1.54) is 12.4 Å². The van der Waals surface area contributed by atoms with Crippen molar-refractivity contribution in [1.82, 2.24) is 30.2 Å². The van der Waals surface area contributed by atoms with Gasteiger partial charge in [-0.3, -0.25) is 9.59 Å². The van der Waals surface area contributed by atoms with E-state index in [-0.39, 0.29) is 29.3 Å². The van der Waals surface area contributed by atoms with Crippen LogP contribution in [0.5, 0.6) is 11.8 Å². The molecule has 0 spiro atoms. The highest BCUT2D eigenvalue weighted by Gasteiger charge is 2.33. The van der Waals surface area contributed by atoms with E-state index in [0.29, 0.717) is 42.4 Å². The van der Waals surface area contributed by atoms with E-state index in [1.54, 1.807) is 29.2 Å². The summed E-state index contributed by atoms with van der Waals surface area (Å²) in [5.74, 6) is -1.09. The third-order valence-electron chi connectivity index (χ3n) is 5.60. The second-order valence-corrected chi connectivity index (χ2v) is 8.83. The summed E-state index contributed by atoms with van der Waals surface area (Å²) in [7, 11) is 0. The summed E-state index contributed by atoms with van der Waals surface area (Å²) in [5.41, 5.74) is 0.351. The van der Waals surface area contributed by atoms with Crippen LogP contribution in [0.3, 0.4) is 0 Å². The third kappa shape index (κ3) is 5.33. The molecule has 0 radical (unpaired) electrons. The van der Waals surface area contributed by atoms with Crippen LogP contribution in [0.4, 0.5) is 0 Å². The number of hydrogen-bond acceptors (Lipinski definition) is 8. The van der Waals surface area contributed by atoms with E-state index in [2.05, 4.69) is 25.3 Å². The number of carbonyl (C=O) groups excluding carboxylic acids is 2. The molecular weight excluding hydrogens is 460 g/mol. The van der Waals surface area contributed by atoms with Crippen LogP contribution in [0.2, 0.25) is 5.02 Å². The summed E-state index contributed by atoms with van der Waals surface area (Å²) in [6, 6.07) is 5.95. The Morgan fingerprint density at radius 1 is 1.18 bits per heavy atom. The molecule has 1 atom stereocenters. The number of hydrogen-bond donors (Lipinski definition) is 2. The van der Waals surface area contributed by atoms with Gasteiger partial charge in [-0.1, -0.05) is 25.4 Å². The Hall–Kier alpha value is -3.53. The maximum Gasteiger partial charge on any atom is 0.276 e. The van der Waals surface area contributed by atoms with Crippen molar-refractivity contribution < 1.29 is 19.4 Å². The van der Waals surface area contributed by atoms with Crippen LogP contribution in [0.1, 0.15) is 37.2 Å². The minimum atomic E-state index is -0.784. The molecule has 3 aromatic heterocycles. The van der Waals surface area contributed by atoms with E-state index in [9.17, 15) is 14.7 Å². The maximum atomic E-state index is 13.2. The zero-order valence-corrected chi connectivity index (χ0v) is 19.6. The summed E-state index contributed by atoms with van der Waals surface area (Å²) in [5, 5.41) is 13.4. The Morgan fingerprint density at radius 2 is 1.94 bits per heavy atom. The highest BCUT2D eigenvalue weighted by Crippen LogP contribution is 2.21. The first-order chi connectivity index (χ1) is 16.3. The summed E-state index contributed by atoms with van der Waals surface area (Å²) < 4.78 is 5.89. The predicted molar refractivity (Wildman–Crippen MR) is 125 cm³/mol. The lowest BCUT2D eigenvalue weighted by Gasteiger charge is -2.35. The Morgan fingerprint density at radius 3 is 2.62 bits per heavy atom. The molecule has 0 saturated carbocycles. The largest absolute Gasteiger partial charge is 0.492 e. The molecule has 0 bridgehead atoms. The Balaban J connectivity index is 1.39. The second kappa shape index (κ2) is 10.2. The number of nitrogens with zero attached hydrogens (tertiary/aromatic N) is 5. The molecule has 1 aliphatic heterocycles. The van der Waals surface area contributed by atoms with Crippen molar-refractivity contribution in [2.24, 2.45) is 5.92 Å². The van der Waals surface area contributed by atoms with Crippen molar-refractivity contribution >= 4 is 34.6 Å². The number of aromatic nitrogens is 4. The number of ether oxygens (including phenoxy) is 1. The number of pyridine rings is 2. The fourth-order valence-corrected chi connectivity index (χ4v) is 3.87. The molecule has 4 heterocycles. The van der Waals surface area contributed by atoms with Crippen LogP contribution >= 0.6 is 11.6 Å². The average molecular weight is 485 g/mol. The van der Waals surface area contributed by atoms with Gasteiger partial charge >= 0.3 is 0 Å². The molecule has 1 fully saturated rings. The first-order valence-electron chi connectivity index (χ1n) is 11.0. The van der Waals surface area contributed by atoms with Gasteiger partial charge in [-0.2, -0.15) is 4.98 Å². The first kappa shape index (κ1) is 23.6. The van der Waals surface area contributed by atoms with Crippen LogP contribution in [-0.4, -0.2) is 67.0 Å². The fraction of sp³-hybridized carbons (Fsp3) is 0.391. The topological polar surface area (TPSA) is 130 Å². The second-order valence-electron chi connectivity index (χ2n) is 8.39. The standard InChI is InChI=1S/C23H25ClN6O4/c1-13(2)18(28-21(31)19-22(32)29-20-16(27-19)4-3-9-25-20)23(33)30-10-7-15(8-11-30)34-17-6-5-14(24)12-26-17/h3-6,9,12-13,15,18H,7-8,10-11H2,1-2H3,(H,28,31)(H,25,29,32)/t18-/m0/s1. The van der Waals surface area contributed by atoms with Crippen molar-refractivity contribution in [3.63, 3.8) is 0 Å². The maximum absolute atomic E-state index is 13.2. The summed E-state index contributed by atoms with van der Waals surface area (Å²) in [4.78, 5) is 44.1. The van der Waals surface area contributed by atoms with E-state index >= 15 is 0 Å². The summed E-state index contributed by atoms with van der Waals surface area (Å²) in [6.45, 7) is 4.67. The molecule has 0 aliphatic carbocycles. The highest BCUT2D eigenvalue weighted by molar-refractivity contribution is 6.30. The smallest absolute Gasteiger partial charge is 0.276 e. The van der Waals surface area contributed by atoms with Gasteiger partial charge in [0.2, 0.25) is 17.7 Å². The van der Waals surface area contributed by atoms with Crippen LogP contribution < -0.4 is 10.1 Å². The van der Waals surface area contributed by atoms with Crippen molar-refractivity contribution in [2.45, 2.75) is 38.8 Å². The predicted octanol–water partition coefficient (Wildman–Crippen LogP) is 2.60. The number of fused-ring (bicyclic) bond motifs is 1. The quantitative estimate of drug-likeness (QED) is 0.546. The zero-order valence-electron chi connectivity index (χ0n) is 18.8. The molecule has 3 aromatic rings. The molecule has 4 rings (SSSR count). The van der Waals surface area contributed by atoms with Crippen LogP contribution in [0, 0.1) is 5.92 Å². The van der Waals surface area contributed by atoms with Crippen molar-refractivity contribution in [3.8, 4) is 11.8 Å². The molecule has 11 heteroatoms. The molecule has 1 saturated heterocycles. The van der Waals surface area contributed by atoms with E-state index < -0.39 is 17.8 Å². The third-order valence-corrected chi connectivity index (χ3v) is 5.82. The van der Waals surface area contributed by atoms with Gasteiger partial charge in [0.15, 0.2) is 11.3 Å². The van der Waals surface area contributed by atoms with Crippen molar-refractivity contribution in [1.29, 1.82) is 0 Å². The molecule has 34 heavy (non-hydrogen) atoms. The number of amides is 2. The van der Waals surface area contributed by atoms with E-state index in [0.717, 1.165) is 0 Å². The lowest BCUT2D eigenvalue weighted by molar-refractivity contribution is -0.136. The van der Waals surface area contributed by atoms with E-state index in [4.69, 9.17) is 16.3 Å². The summed E-state index contributed by atoms with van der Waals surface area (Å²) in [6.07, 6.45) is 4.25. The van der Waals surface area contributed by atoms with Gasteiger partial charge in [0.1, 0.15) is 17.7 Å². The Kier molecular flexibility index (Phi) is 7.06. The van der Waals surface area contributed by atoms with Gasteiger partial charge in [0, 0.05) is 44.4 Å². The van der Waals surface area contributed by atoms with Gasteiger partial charge < -0.3 is 20.1 Å². The number of halogens is 1. The number of aromatic hydroxyl groups is 1. The number of likely N-dealkylation sites (tertiary alicyclic amines) is 1. The van der Waals surface area contributed by atoms with Gasteiger partial charge in [0.25, 0.3) is 5.91 Å². The van der Waals surface area contributed by atoms with Crippen LogP contribution in [0.25, 0.3) is 11.2 Å². The number of nitrogens with one attached hydrogen (secondary N) is 1. The van der Waals surface area contributed by atoms with E-state index in [1.807, 2.05) is 13.8 Å². The molecule has 0 aromatic carbocycles. The Labute approximate surface area is 201 Å². The molecule has 1 aliphatic rings. The summed E-state index contributed by atoms with van der Waals surface area (Å²) >= 11 is 5.86. The molecule has 10 nitrogen and oxygen atoms in total. The lowest BCUT2D eigenvalue weighted by atomic mass is 10.00. The zero-order chi connectivity index (χ0) is 24.2. The fourth-order valence-electron chi connectivity index (χ4n) is 3.75. The van der Waals surface area contributed by atoms with Gasteiger partial charge in [-0.05, 0) is 24.1 Å². The number of rotatable bonds is 6. The van der Waals surface area contributed by atoms with Gasteiger partial charge in [0.05, 0.1) is 5.02 Å². The lowest BCUT2D eigenvalue weighted by Crippen LogP contribution is -2.53. The van der Waals surface area contributed by atoms with Gasteiger partial charge in [-0.25, -0.2) is 15.0 Å². The average Bonchev–Trinajstić information content (AvgIpc) is 2.83. The molecule has 0 unspecified atom stereocenters. The van der Waals surface area contributed by atoms with Crippen LogP contribution in [0.15, 0.2) is 36.7 Å². The molecule has 178 valence electrons. The SMILES string of the molecule is CC(C)[C@H](NC(=O)c1nc2cccnc2nc1O)C(=O)N1CCC(Oc2ccc(Cl)cn2)CC1. The number of piperidine rings is 1. The highest BCUT2D eigenvalue weighted by atomic mass is 35.5. The molecule has 2 N–H and O–H groups in total. The normalized spacial score (nSPS) is 15.4. The van der Waals surface area contributed by atoms with Gasteiger partial charge in [-0.15, -0.1) is 0 Å². The molecular formula is C23H25ClN6O4. The monoisotopic (exact) mass is 484 g/mol. The van der Waals surface area contributed by atoms with Crippen molar-refractivity contribution in [2.75, 3.05) is 13.1 Å². The Bertz CT molecular complexity index is 1180.